The van der Waals surface area contributed by atoms with Gasteiger partial charge in [-0.3, -0.25) is 9.69 Å². The van der Waals surface area contributed by atoms with E-state index in [-0.39, 0.29) is 29.7 Å². The van der Waals surface area contributed by atoms with Crippen LogP contribution in [0.3, 0.4) is 0 Å². The zero-order chi connectivity index (χ0) is 15.2. The molecule has 0 bridgehead atoms. The minimum Gasteiger partial charge on any atom is -0.351 e. The van der Waals surface area contributed by atoms with Crippen molar-refractivity contribution in [2.75, 3.05) is 19.6 Å². The van der Waals surface area contributed by atoms with Crippen LogP contribution in [-0.4, -0.2) is 36.0 Å². The van der Waals surface area contributed by atoms with Gasteiger partial charge in [-0.25, -0.2) is 4.39 Å². The first-order valence-electron chi connectivity index (χ1n) is 6.82. The fourth-order valence-electron chi connectivity index (χ4n) is 1.92. The maximum absolute atomic E-state index is 12.8. The van der Waals surface area contributed by atoms with Crippen LogP contribution in [0.5, 0.6) is 0 Å². The van der Waals surface area contributed by atoms with Crippen LogP contribution < -0.4 is 11.1 Å². The Bertz CT molecular complexity index is 432. The largest absolute Gasteiger partial charge is 0.351 e. The van der Waals surface area contributed by atoms with Crippen LogP contribution in [0.15, 0.2) is 24.3 Å². The fourth-order valence-corrected chi connectivity index (χ4v) is 1.92. The lowest BCUT2D eigenvalue weighted by Crippen LogP contribution is -2.48. The van der Waals surface area contributed by atoms with Crippen LogP contribution in [0.1, 0.15) is 26.3 Å². The molecule has 1 aromatic rings. The monoisotopic (exact) mass is 317 g/mol. The molecule has 0 aliphatic heterocycles. The van der Waals surface area contributed by atoms with Crippen molar-refractivity contribution in [3.63, 3.8) is 0 Å². The minimum atomic E-state index is -0.326. The number of hydrogen-bond acceptors (Lipinski definition) is 3. The summed E-state index contributed by atoms with van der Waals surface area (Å²) in [6.07, 6.45) is 0. The minimum absolute atomic E-state index is 0. The Labute approximate surface area is 132 Å². The molecule has 3 N–H and O–H groups in total. The molecule has 0 unspecified atom stereocenters. The lowest BCUT2D eigenvalue weighted by atomic mass is 10.1. The summed E-state index contributed by atoms with van der Waals surface area (Å²) in [5.74, 6) is -0.331. The van der Waals surface area contributed by atoms with Crippen molar-refractivity contribution in [3.05, 3.63) is 35.6 Å². The lowest BCUT2D eigenvalue weighted by Gasteiger charge is -2.28. The van der Waals surface area contributed by atoms with Gasteiger partial charge in [-0.15, -0.1) is 12.4 Å². The molecule has 0 fully saturated rings. The normalized spacial score (nSPS) is 11.1. The molecule has 4 nitrogen and oxygen atoms in total. The Morgan fingerprint density at radius 3 is 2.38 bits per heavy atom. The molecule has 0 saturated heterocycles. The zero-order valence-electron chi connectivity index (χ0n) is 12.9. The van der Waals surface area contributed by atoms with Gasteiger partial charge >= 0.3 is 0 Å². The van der Waals surface area contributed by atoms with Gasteiger partial charge in [-0.05, 0) is 38.1 Å². The van der Waals surface area contributed by atoms with Crippen molar-refractivity contribution in [1.82, 2.24) is 10.2 Å². The maximum Gasteiger partial charge on any atom is 0.234 e. The number of benzene rings is 1. The Hall–Kier alpha value is -1.17. The van der Waals surface area contributed by atoms with Gasteiger partial charge in [0.1, 0.15) is 5.82 Å². The third-order valence-corrected chi connectivity index (χ3v) is 2.85. The molecule has 0 atom stereocenters. The highest BCUT2D eigenvalue weighted by molar-refractivity contribution is 5.85. The van der Waals surface area contributed by atoms with Crippen molar-refractivity contribution in [2.24, 2.45) is 5.73 Å². The summed E-state index contributed by atoms with van der Waals surface area (Å²) in [5.41, 5.74) is 6.51. The van der Waals surface area contributed by atoms with E-state index < -0.39 is 0 Å². The topological polar surface area (TPSA) is 58.4 Å². The second-order valence-electron chi connectivity index (χ2n) is 5.70. The average molecular weight is 318 g/mol. The third-order valence-electron chi connectivity index (χ3n) is 2.85. The van der Waals surface area contributed by atoms with E-state index >= 15 is 0 Å². The quantitative estimate of drug-likeness (QED) is 0.808. The van der Waals surface area contributed by atoms with Crippen LogP contribution in [-0.2, 0) is 11.3 Å². The number of carbonyl (C=O) groups is 1. The second kappa shape index (κ2) is 8.97. The van der Waals surface area contributed by atoms with Gasteiger partial charge in [0, 0.05) is 18.6 Å². The molecule has 6 heteroatoms. The third kappa shape index (κ3) is 8.65. The number of likely N-dealkylation sites (N-methyl/N-ethyl adjacent to an activating group) is 1. The van der Waals surface area contributed by atoms with Crippen LogP contribution in [0.25, 0.3) is 0 Å². The highest BCUT2D eigenvalue weighted by Gasteiger charge is 2.17. The number of carbonyl (C=O) groups excluding carboxylic acids is 1. The van der Waals surface area contributed by atoms with Crippen LogP contribution in [0, 0.1) is 5.82 Å². The van der Waals surface area contributed by atoms with Gasteiger partial charge in [-0.1, -0.05) is 19.1 Å². The van der Waals surface area contributed by atoms with E-state index in [9.17, 15) is 9.18 Å². The molecular weight excluding hydrogens is 293 g/mol. The molecule has 0 aliphatic rings. The van der Waals surface area contributed by atoms with Gasteiger partial charge in [0.15, 0.2) is 0 Å². The average Bonchev–Trinajstić information content (AvgIpc) is 2.35. The van der Waals surface area contributed by atoms with Gasteiger partial charge < -0.3 is 11.1 Å². The van der Waals surface area contributed by atoms with Crippen LogP contribution >= 0.6 is 12.4 Å². The standard InChI is InChI=1S/C15H24FN3O.ClH/c1-4-19(11-15(2,3)17)10-14(20)18-9-12-5-7-13(16)8-6-12;/h5-8H,4,9-11,17H2,1-3H3,(H,18,20);1H. The number of nitrogens with zero attached hydrogens (tertiary/aromatic N) is 1. The molecule has 0 spiro atoms. The second-order valence-corrected chi connectivity index (χ2v) is 5.70. The molecule has 0 saturated carbocycles. The first-order chi connectivity index (χ1) is 9.30. The Kier molecular flexibility index (Phi) is 8.47. The summed E-state index contributed by atoms with van der Waals surface area (Å²) >= 11 is 0. The smallest absolute Gasteiger partial charge is 0.234 e. The maximum atomic E-state index is 12.8. The SMILES string of the molecule is CCN(CC(=O)NCc1ccc(F)cc1)CC(C)(C)N.Cl. The van der Waals surface area contributed by atoms with E-state index in [0.29, 0.717) is 19.6 Å². The highest BCUT2D eigenvalue weighted by Crippen LogP contribution is 2.03. The highest BCUT2D eigenvalue weighted by atomic mass is 35.5. The number of amides is 1. The molecule has 0 aliphatic carbocycles. The zero-order valence-corrected chi connectivity index (χ0v) is 13.7. The molecule has 0 aromatic heterocycles. The molecular formula is C15H25ClFN3O. The van der Waals surface area contributed by atoms with Crippen molar-refractivity contribution in [2.45, 2.75) is 32.9 Å². The lowest BCUT2D eigenvalue weighted by molar-refractivity contribution is -0.122. The van der Waals surface area contributed by atoms with E-state index in [1.54, 1.807) is 12.1 Å². The summed E-state index contributed by atoms with van der Waals surface area (Å²) in [5, 5.41) is 2.83. The Balaban J connectivity index is 0.00000400. The van der Waals surface area contributed by atoms with E-state index in [4.69, 9.17) is 5.73 Å². The summed E-state index contributed by atoms with van der Waals surface area (Å²) in [6.45, 7) is 8.02. The van der Waals surface area contributed by atoms with Gasteiger partial charge in [-0.2, -0.15) is 0 Å². The van der Waals surface area contributed by atoms with Crippen LogP contribution in [0.2, 0.25) is 0 Å². The summed E-state index contributed by atoms with van der Waals surface area (Å²) in [6, 6.07) is 6.10. The van der Waals surface area contributed by atoms with E-state index in [1.807, 2.05) is 25.7 Å². The molecule has 0 radical (unpaired) electrons. The first kappa shape index (κ1) is 19.8. The summed E-state index contributed by atoms with van der Waals surface area (Å²) in [7, 11) is 0. The molecule has 1 rings (SSSR count). The van der Waals surface area contributed by atoms with Crippen molar-refractivity contribution < 1.29 is 9.18 Å². The predicted molar refractivity (Wildman–Crippen MR) is 85.9 cm³/mol. The summed E-state index contributed by atoms with van der Waals surface area (Å²) < 4.78 is 12.8. The molecule has 0 heterocycles. The number of nitrogens with two attached hydrogens (primary N) is 1. The van der Waals surface area contributed by atoms with Crippen molar-refractivity contribution in [3.8, 4) is 0 Å². The van der Waals surface area contributed by atoms with Crippen molar-refractivity contribution in [1.29, 1.82) is 0 Å². The van der Waals surface area contributed by atoms with Crippen LogP contribution in [0.4, 0.5) is 4.39 Å². The predicted octanol–water partition coefficient (Wildman–Crippen LogP) is 1.92. The molecule has 1 aromatic carbocycles. The van der Waals surface area contributed by atoms with E-state index in [0.717, 1.165) is 12.1 Å². The van der Waals surface area contributed by atoms with Gasteiger partial charge in [0.25, 0.3) is 0 Å². The van der Waals surface area contributed by atoms with Gasteiger partial charge in [0.2, 0.25) is 5.91 Å². The van der Waals surface area contributed by atoms with E-state index in [1.165, 1.54) is 12.1 Å². The number of rotatable bonds is 7. The van der Waals surface area contributed by atoms with Gasteiger partial charge in [0.05, 0.1) is 6.54 Å². The fraction of sp³-hybridized carbons (Fsp3) is 0.533. The summed E-state index contributed by atoms with van der Waals surface area (Å²) in [4.78, 5) is 13.9. The number of nitrogens with one attached hydrogen (secondary N) is 1. The molecule has 1 amide bonds. The molecule has 120 valence electrons. The first-order valence-corrected chi connectivity index (χ1v) is 6.82. The number of hydrogen-bond donors (Lipinski definition) is 2. The molecule has 21 heavy (non-hydrogen) atoms. The Morgan fingerprint density at radius 1 is 1.33 bits per heavy atom. The number of halogens is 2. The van der Waals surface area contributed by atoms with Crippen molar-refractivity contribution >= 4 is 18.3 Å². The van der Waals surface area contributed by atoms with E-state index in [2.05, 4.69) is 5.32 Å². The Morgan fingerprint density at radius 2 is 1.90 bits per heavy atom.